The van der Waals surface area contributed by atoms with E-state index in [0.29, 0.717) is 17.0 Å². The van der Waals surface area contributed by atoms with Crippen LogP contribution in [0.3, 0.4) is 0 Å². The van der Waals surface area contributed by atoms with Crippen LogP contribution in [0.5, 0.6) is 5.75 Å². The van der Waals surface area contributed by atoms with Crippen molar-refractivity contribution in [1.82, 2.24) is 0 Å². The van der Waals surface area contributed by atoms with Gasteiger partial charge in [-0.2, -0.15) is 0 Å². The quantitative estimate of drug-likeness (QED) is 0.881. The maximum atomic E-state index is 12.6. The largest absolute Gasteiger partial charge is 0.495 e. The summed E-state index contributed by atoms with van der Waals surface area (Å²) in [6.45, 7) is 4.03. The Morgan fingerprint density at radius 3 is 2.48 bits per heavy atom. The number of aryl methyl sites for hydroxylation is 2. The standard InChI is InChI=1S/C17H20N2O2/c1-11-5-8-15(12(2)9-11)19(3)17(20)13-6-7-14(18)16(10-13)21-4/h5-10H,18H2,1-4H3. The van der Waals surface area contributed by atoms with Gasteiger partial charge in [-0.25, -0.2) is 0 Å². The summed E-state index contributed by atoms with van der Waals surface area (Å²) in [6, 6.07) is 11.1. The molecular formula is C17H20N2O2. The van der Waals surface area contributed by atoms with Gasteiger partial charge in [0.15, 0.2) is 0 Å². The predicted molar refractivity (Wildman–Crippen MR) is 86.1 cm³/mol. The first-order valence-electron chi connectivity index (χ1n) is 6.73. The first-order chi connectivity index (χ1) is 9.93. The number of anilines is 2. The normalized spacial score (nSPS) is 10.3. The van der Waals surface area contributed by atoms with Crippen LogP contribution < -0.4 is 15.4 Å². The molecule has 0 saturated carbocycles. The summed E-state index contributed by atoms with van der Waals surface area (Å²) >= 11 is 0. The highest BCUT2D eigenvalue weighted by atomic mass is 16.5. The van der Waals surface area contributed by atoms with Gasteiger partial charge in [0.1, 0.15) is 5.75 Å². The molecule has 0 atom stereocenters. The summed E-state index contributed by atoms with van der Waals surface area (Å²) in [5.74, 6) is 0.412. The molecule has 2 aromatic rings. The van der Waals surface area contributed by atoms with Crippen molar-refractivity contribution in [2.45, 2.75) is 13.8 Å². The fraction of sp³-hybridized carbons (Fsp3) is 0.235. The lowest BCUT2D eigenvalue weighted by molar-refractivity contribution is 0.0992. The SMILES string of the molecule is COc1cc(C(=O)N(C)c2ccc(C)cc2C)ccc1N. The van der Waals surface area contributed by atoms with Gasteiger partial charge in [-0.05, 0) is 43.7 Å². The van der Waals surface area contributed by atoms with Crippen molar-refractivity contribution in [3.05, 3.63) is 53.1 Å². The Hall–Kier alpha value is -2.49. The number of benzene rings is 2. The lowest BCUT2D eigenvalue weighted by Crippen LogP contribution is -2.27. The number of nitrogens with two attached hydrogens (primary N) is 1. The van der Waals surface area contributed by atoms with Gasteiger partial charge < -0.3 is 15.4 Å². The van der Waals surface area contributed by atoms with E-state index in [9.17, 15) is 4.79 Å². The molecule has 2 aromatic carbocycles. The number of rotatable bonds is 3. The van der Waals surface area contributed by atoms with Crippen molar-refractivity contribution in [1.29, 1.82) is 0 Å². The molecule has 110 valence electrons. The molecule has 2 rings (SSSR count). The van der Waals surface area contributed by atoms with Gasteiger partial charge in [-0.15, -0.1) is 0 Å². The third-order valence-electron chi connectivity index (χ3n) is 3.50. The van der Waals surface area contributed by atoms with E-state index in [1.807, 2.05) is 26.0 Å². The van der Waals surface area contributed by atoms with E-state index in [4.69, 9.17) is 10.5 Å². The maximum absolute atomic E-state index is 12.6. The predicted octanol–water partition coefficient (Wildman–Crippen LogP) is 3.17. The lowest BCUT2D eigenvalue weighted by Gasteiger charge is -2.20. The van der Waals surface area contributed by atoms with E-state index in [-0.39, 0.29) is 5.91 Å². The number of nitrogen functional groups attached to an aromatic ring is 1. The van der Waals surface area contributed by atoms with Crippen LogP contribution in [0, 0.1) is 13.8 Å². The molecule has 0 aliphatic rings. The molecule has 0 saturated heterocycles. The highest BCUT2D eigenvalue weighted by molar-refractivity contribution is 6.06. The molecule has 0 radical (unpaired) electrons. The number of hydrogen-bond acceptors (Lipinski definition) is 3. The molecule has 4 nitrogen and oxygen atoms in total. The Kier molecular flexibility index (Phi) is 4.17. The van der Waals surface area contributed by atoms with Gasteiger partial charge in [0.2, 0.25) is 0 Å². The fourth-order valence-electron chi connectivity index (χ4n) is 2.33. The van der Waals surface area contributed by atoms with Crippen LogP contribution in [0.4, 0.5) is 11.4 Å². The zero-order chi connectivity index (χ0) is 15.6. The molecule has 0 aliphatic carbocycles. The number of hydrogen-bond donors (Lipinski definition) is 1. The molecule has 0 bridgehead atoms. The zero-order valence-corrected chi connectivity index (χ0v) is 12.8. The summed E-state index contributed by atoms with van der Waals surface area (Å²) in [4.78, 5) is 14.2. The van der Waals surface area contributed by atoms with E-state index >= 15 is 0 Å². The Balaban J connectivity index is 2.35. The number of methoxy groups -OCH3 is 1. The first-order valence-corrected chi connectivity index (χ1v) is 6.73. The molecule has 0 fully saturated rings. The molecular weight excluding hydrogens is 264 g/mol. The molecule has 1 amide bonds. The average Bonchev–Trinajstić information content (AvgIpc) is 2.46. The maximum Gasteiger partial charge on any atom is 0.258 e. The molecule has 0 aromatic heterocycles. The van der Waals surface area contributed by atoms with Gasteiger partial charge in [0, 0.05) is 18.3 Å². The highest BCUT2D eigenvalue weighted by Gasteiger charge is 2.16. The molecule has 2 N–H and O–H groups in total. The van der Waals surface area contributed by atoms with E-state index < -0.39 is 0 Å². The van der Waals surface area contributed by atoms with Crippen molar-refractivity contribution in [2.24, 2.45) is 0 Å². The topological polar surface area (TPSA) is 55.6 Å². The van der Waals surface area contributed by atoms with Gasteiger partial charge in [-0.1, -0.05) is 17.7 Å². The number of ether oxygens (including phenoxy) is 1. The third kappa shape index (κ3) is 2.99. The number of carbonyl (C=O) groups excluding carboxylic acids is 1. The average molecular weight is 284 g/mol. The summed E-state index contributed by atoms with van der Waals surface area (Å²) in [5.41, 5.74) is 9.97. The second-order valence-corrected chi connectivity index (χ2v) is 5.11. The molecule has 0 unspecified atom stereocenters. The number of amides is 1. The minimum atomic E-state index is -0.0970. The first kappa shape index (κ1) is 14.9. The Morgan fingerprint density at radius 2 is 1.86 bits per heavy atom. The summed E-state index contributed by atoms with van der Waals surface area (Å²) in [5, 5.41) is 0. The third-order valence-corrected chi connectivity index (χ3v) is 3.50. The number of nitrogens with zero attached hydrogens (tertiary/aromatic N) is 1. The fourth-order valence-corrected chi connectivity index (χ4v) is 2.33. The lowest BCUT2D eigenvalue weighted by atomic mass is 10.1. The van der Waals surface area contributed by atoms with Crippen molar-refractivity contribution >= 4 is 17.3 Å². The summed E-state index contributed by atoms with van der Waals surface area (Å²) < 4.78 is 5.16. The number of carbonyl (C=O) groups is 1. The van der Waals surface area contributed by atoms with Crippen molar-refractivity contribution in [3.63, 3.8) is 0 Å². The molecule has 0 aliphatic heterocycles. The highest BCUT2D eigenvalue weighted by Crippen LogP contribution is 2.25. The van der Waals surface area contributed by atoms with Crippen LogP contribution in [0.25, 0.3) is 0 Å². The van der Waals surface area contributed by atoms with Gasteiger partial charge in [0.05, 0.1) is 12.8 Å². The van der Waals surface area contributed by atoms with E-state index in [1.165, 1.54) is 12.7 Å². The monoisotopic (exact) mass is 284 g/mol. The van der Waals surface area contributed by atoms with E-state index in [2.05, 4.69) is 6.07 Å². The smallest absolute Gasteiger partial charge is 0.258 e. The molecule has 21 heavy (non-hydrogen) atoms. The Bertz CT molecular complexity index is 680. The van der Waals surface area contributed by atoms with Crippen LogP contribution in [-0.4, -0.2) is 20.1 Å². The minimum absolute atomic E-state index is 0.0970. The van der Waals surface area contributed by atoms with Crippen molar-refractivity contribution in [3.8, 4) is 5.75 Å². The second-order valence-electron chi connectivity index (χ2n) is 5.11. The van der Waals surface area contributed by atoms with E-state index in [1.54, 1.807) is 30.1 Å². The van der Waals surface area contributed by atoms with Gasteiger partial charge in [-0.3, -0.25) is 4.79 Å². The van der Waals surface area contributed by atoms with Crippen molar-refractivity contribution < 1.29 is 9.53 Å². The minimum Gasteiger partial charge on any atom is -0.495 e. The van der Waals surface area contributed by atoms with Crippen LogP contribution in [0.1, 0.15) is 21.5 Å². The van der Waals surface area contributed by atoms with Crippen molar-refractivity contribution in [2.75, 3.05) is 24.8 Å². The van der Waals surface area contributed by atoms with Crippen LogP contribution in [0.15, 0.2) is 36.4 Å². The van der Waals surface area contributed by atoms with Gasteiger partial charge >= 0.3 is 0 Å². The Morgan fingerprint density at radius 1 is 1.14 bits per heavy atom. The second kappa shape index (κ2) is 5.87. The molecule has 4 heteroatoms. The van der Waals surface area contributed by atoms with Crippen LogP contribution in [0.2, 0.25) is 0 Å². The zero-order valence-electron chi connectivity index (χ0n) is 12.8. The van der Waals surface area contributed by atoms with Gasteiger partial charge in [0.25, 0.3) is 5.91 Å². The molecule has 0 spiro atoms. The Labute approximate surface area is 125 Å². The van der Waals surface area contributed by atoms with Crippen LogP contribution in [-0.2, 0) is 0 Å². The van der Waals surface area contributed by atoms with Crippen LogP contribution >= 0.6 is 0 Å². The summed E-state index contributed by atoms with van der Waals surface area (Å²) in [6.07, 6.45) is 0. The summed E-state index contributed by atoms with van der Waals surface area (Å²) in [7, 11) is 3.30. The van der Waals surface area contributed by atoms with E-state index in [0.717, 1.165) is 11.3 Å². The molecule has 0 heterocycles.